The first kappa shape index (κ1) is 22.7. The lowest BCUT2D eigenvalue weighted by molar-refractivity contribution is -0.996. The number of nitrogens with one attached hydrogen (secondary N) is 3. The summed E-state index contributed by atoms with van der Waals surface area (Å²) in [5, 5.41) is 61.2. The van der Waals surface area contributed by atoms with Crippen LogP contribution in [0.2, 0.25) is 0 Å². The summed E-state index contributed by atoms with van der Waals surface area (Å²) in [6.45, 7) is 4.96. The fourth-order valence-electron chi connectivity index (χ4n) is 3.83. The number of carboxylic acids is 2. The molecule has 0 aliphatic heterocycles. The van der Waals surface area contributed by atoms with Crippen LogP contribution in [0.1, 0.15) is 33.6 Å². The molecule has 2 rings (SSSR count). The predicted molar refractivity (Wildman–Crippen MR) is 98.9 cm³/mol. The van der Waals surface area contributed by atoms with E-state index in [0.29, 0.717) is 0 Å². The van der Waals surface area contributed by atoms with Crippen LogP contribution in [0.3, 0.4) is 0 Å². The molecule has 1 saturated carbocycles. The number of hydrazone groups is 1. The van der Waals surface area contributed by atoms with E-state index in [1.165, 1.54) is 6.07 Å². The minimum Gasteiger partial charge on any atom is -0.595 e. The van der Waals surface area contributed by atoms with Crippen molar-refractivity contribution in [2.45, 2.75) is 33.6 Å². The van der Waals surface area contributed by atoms with Gasteiger partial charge in [0.15, 0.2) is 17.1 Å². The van der Waals surface area contributed by atoms with E-state index < -0.39 is 44.8 Å². The number of hydrogen-bond acceptors (Lipinski definition) is 8. The van der Waals surface area contributed by atoms with Gasteiger partial charge in [-0.3, -0.25) is 10.2 Å². The second-order valence-electron chi connectivity index (χ2n) is 7.73. The average molecular weight is 412 g/mol. The smallest absolute Gasteiger partial charge is 0.352 e. The Morgan fingerprint density at radius 2 is 1.79 bits per heavy atom. The Morgan fingerprint density at radius 1 is 1.17 bits per heavy atom. The molecule has 0 spiro atoms. The SMILES string of the molecule is CC1(C)[C@H](C(=O)O)CC[C@]1(C)C(=NNc1ccc([NH+]([O-])O)cc1[NH+]([O-])O)C(=O)O. The number of carboxylic acid groups (broad SMARTS) is 2. The van der Waals surface area contributed by atoms with Gasteiger partial charge in [0.25, 0.3) is 0 Å². The molecule has 160 valence electrons. The maximum absolute atomic E-state index is 11.9. The van der Waals surface area contributed by atoms with Gasteiger partial charge in [0.2, 0.25) is 0 Å². The Morgan fingerprint density at radius 3 is 2.24 bits per heavy atom. The topological polar surface area (TPSA) is 194 Å². The quantitative estimate of drug-likeness (QED) is 0.236. The summed E-state index contributed by atoms with van der Waals surface area (Å²) >= 11 is 0. The van der Waals surface area contributed by atoms with Gasteiger partial charge in [0.05, 0.1) is 12.0 Å². The standard InChI is InChI=1S/C17H24N4O8/c1-16(2)10(14(22)23)6-7-17(16,3)13(15(24)25)19-18-11-5-4-9(20(26)27)8-12(11)21(28)29/h4-5,8,10,18,20-21,26,28H,6-7H2,1-3H3,(H,22,23)(H,24,25)/t10-,17+/m0/s1. The van der Waals surface area contributed by atoms with Crippen molar-refractivity contribution >= 4 is 34.7 Å². The summed E-state index contributed by atoms with van der Waals surface area (Å²) in [5.74, 6) is -3.14. The molecule has 12 heteroatoms. The molecule has 1 aliphatic carbocycles. The zero-order chi connectivity index (χ0) is 22.1. The molecule has 0 aromatic heterocycles. The summed E-state index contributed by atoms with van der Waals surface area (Å²) in [5.41, 5.74) is -0.670. The van der Waals surface area contributed by atoms with Crippen LogP contribution in [0.5, 0.6) is 0 Å². The monoisotopic (exact) mass is 412 g/mol. The maximum Gasteiger partial charge on any atom is 0.352 e. The summed E-state index contributed by atoms with van der Waals surface area (Å²) in [4.78, 5) is 23.5. The van der Waals surface area contributed by atoms with Crippen molar-refractivity contribution < 1.29 is 40.7 Å². The Hall–Kier alpha value is -2.61. The van der Waals surface area contributed by atoms with Gasteiger partial charge in [-0.05, 0) is 24.3 Å². The fraction of sp³-hybridized carbons (Fsp3) is 0.471. The van der Waals surface area contributed by atoms with Gasteiger partial charge < -0.3 is 20.6 Å². The molecular weight excluding hydrogens is 388 g/mol. The number of quaternary nitrogens is 2. The molecular formula is C17H24N4O8. The minimum absolute atomic E-state index is 0.0876. The zero-order valence-corrected chi connectivity index (χ0v) is 16.1. The molecule has 1 fully saturated rings. The first-order valence-corrected chi connectivity index (χ1v) is 8.74. The van der Waals surface area contributed by atoms with E-state index in [-0.39, 0.29) is 29.9 Å². The van der Waals surface area contributed by atoms with Crippen LogP contribution in [0.15, 0.2) is 23.3 Å². The number of anilines is 1. The molecule has 0 heterocycles. The molecule has 0 radical (unpaired) electrons. The van der Waals surface area contributed by atoms with Gasteiger partial charge in [-0.1, -0.05) is 20.8 Å². The van der Waals surface area contributed by atoms with Crippen LogP contribution in [-0.4, -0.2) is 38.3 Å². The van der Waals surface area contributed by atoms with E-state index in [0.717, 1.165) is 12.1 Å². The second kappa shape index (κ2) is 8.02. The third-order valence-electron chi connectivity index (χ3n) is 6.03. The summed E-state index contributed by atoms with van der Waals surface area (Å²) in [6, 6.07) is 3.28. The van der Waals surface area contributed by atoms with Crippen LogP contribution in [-0.2, 0) is 9.59 Å². The molecule has 4 atom stereocenters. The van der Waals surface area contributed by atoms with Gasteiger partial charge in [-0.15, -0.1) is 0 Å². The molecule has 2 unspecified atom stereocenters. The lowest BCUT2D eigenvalue weighted by atomic mass is 9.63. The van der Waals surface area contributed by atoms with Crippen LogP contribution in [0.25, 0.3) is 0 Å². The van der Waals surface area contributed by atoms with Crippen molar-refractivity contribution in [1.82, 2.24) is 0 Å². The third-order valence-corrected chi connectivity index (χ3v) is 6.03. The molecule has 29 heavy (non-hydrogen) atoms. The molecule has 0 amide bonds. The highest BCUT2D eigenvalue weighted by Crippen LogP contribution is 2.56. The summed E-state index contributed by atoms with van der Waals surface area (Å²) in [7, 11) is 0. The lowest BCUT2D eigenvalue weighted by Crippen LogP contribution is -3.00. The fourth-order valence-corrected chi connectivity index (χ4v) is 3.83. The van der Waals surface area contributed by atoms with E-state index in [9.17, 15) is 35.4 Å². The van der Waals surface area contributed by atoms with E-state index in [1.807, 2.05) is 0 Å². The van der Waals surface area contributed by atoms with Crippen molar-refractivity contribution in [3.63, 3.8) is 0 Å². The Bertz CT molecular complexity index is 839. The third kappa shape index (κ3) is 4.07. The van der Waals surface area contributed by atoms with Gasteiger partial charge in [-0.25, -0.2) is 15.2 Å². The molecule has 0 bridgehead atoms. The number of hydrogen-bond donors (Lipinski definition) is 7. The van der Waals surface area contributed by atoms with Crippen LogP contribution in [0, 0.1) is 27.2 Å². The molecule has 1 aromatic carbocycles. The Balaban J connectivity index is 2.46. The maximum atomic E-state index is 11.9. The molecule has 1 aromatic rings. The molecule has 1 aliphatic rings. The largest absolute Gasteiger partial charge is 0.595 e. The van der Waals surface area contributed by atoms with E-state index in [2.05, 4.69) is 10.5 Å². The van der Waals surface area contributed by atoms with Crippen molar-refractivity contribution in [2.24, 2.45) is 21.8 Å². The highest BCUT2D eigenvalue weighted by Gasteiger charge is 2.58. The molecule has 12 nitrogen and oxygen atoms in total. The van der Waals surface area contributed by atoms with Gasteiger partial charge in [0, 0.05) is 11.5 Å². The lowest BCUT2D eigenvalue weighted by Gasteiger charge is -2.39. The number of benzene rings is 1. The normalized spacial score (nSPS) is 26.0. The summed E-state index contributed by atoms with van der Waals surface area (Å²) < 4.78 is 0. The van der Waals surface area contributed by atoms with Crippen LogP contribution >= 0.6 is 0 Å². The molecule has 0 saturated heterocycles. The van der Waals surface area contributed by atoms with Crippen molar-refractivity contribution in [2.75, 3.05) is 5.43 Å². The highest BCUT2D eigenvalue weighted by atomic mass is 16.8. The first-order valence-electron chi connectivity index (χ1n) is 8.74. The number of rotatable bonds is 7. The number of aliphatic carboxylic acids is 2. The zero-order valence-electron chi connectivity index (χ0n) is 16.1. The van der Waals surface area contributed by atoms with E-state index in [4.69, 9.17) is 5.21 Å². The van der Waals surface area contributed by atoms with Crippen molar-refractivity contribution in [3.05, 3.63) is 28.6 Å². The Labute approximate surface area is 165 Å². The van der Waals surface area contributed by atoms with Crippen LogP contribution < -0.4 is 15.9 Å². The van der Waals surface area contributed by atoms with Gasteiger partial charge >= 0.3 is 11.9 Å². The summed E-state index contributed by atoms with van der Waals surface area (Å²) in [6.07, 6.45) is 0.548. The van der Waals surface area contributed by atoms with Crippen molar-refractivity contribution in [3.8, 4) is 0 Å². The van der Waals surface area contributed by atoms with E-state index in [1.54, 1.807) is 20.8 Å². The van der Waals surface area contributed by atoms with Crippen LogP contribution in [0.4, 0.5) is 17.1 Å². The van der Waals surface area contributed by atoms with E-state index >= 15 is 0 Å². The van der Waals surface area contributed by atoms with Gasteiger partial charge in [-0.2, -0.15) is 15.6 Å². The van der Waals surface area contributed by atoms with Crippen molar-refractivity contribution in [1.29, 1.82) is 0 Å². The minimum atomic E-state index is -1.42. The number of carbonyl (C=O) groups is 2. The average Bonchev–Trinajstić information content (AvgIpc) is 2.84. The predicted octanol–water partition coefficient (Wildman–Crippen LogP) is -0.127. The highest BCUT2D eigenvalue weighted by molar-refractivity contribution is 6.38. The second-order valence-corrected chi connectivity index (χ2v) is 7.73. The first-order chi connectivity index (χ1) is 13.3. The Kier molecular flexibility index (Phi) is 6.27. The molecule has 7 N–H and O–H groups in total. The number of nitrogens with zero attached hydrogens (tertiary/aromatic N) is 1. The van der Waals surface area contributed by atoms with Gasteiger partial charge in [0.1, 0.15) is 5.69 Å².